The van der Waals surface area contributed by atoms with Gasteiger partial charge in [-0.1, -0.05) is 32.0 Å². The number of likely N-dealkylation sites (N-methyl/N-ethyl adjacent to an activating group) is 1. The van der Waals surface area contributed by atoms with Crippen LogP contribution >= 0.6 is 11.3 Å². The third-order valence-corrected chi connectivity index (χ3v) is 5.19. The van der Waals surface area contributed by atoms with Crippen molar-refractivity contribution in [2.45, 2.75) is 19.9 Å². The molecule has 2 N–H and O–H groups in total. The number of benzene rings is 1. The number of urea groups is 1. The van der Waals surface area contributed by atoms with Gasteiger partial charge in [0.2, 0.25) is 0 Å². The average Bonchev–Trinajstić information content (AvgIpc) is 3.38. The number of carbonyl (C=O) groups is 1. The van der Waals surface area contributed by atoms with Crippen molar-refractivity contribution in [1.82, 2.24) is 20.0 Å². The fourth-order valence-electron chi connectivity index (χ4n) is 3.05. The highest BCUT2D eigenvalue weighted by Gasteiger charge is 2.19. The molecule has 0 aliphatic rings. The summed E-state index contributed by atoms with van der Waals surface area (Å²) >= 11 is 1.68. The van der Waals surface area contributed by atoms with Gasteiger partial charge in [0.05, 0.1) is 11.7 Å². The molecule has 0 fully saturated rings. The average molecular weight is 384 g/mol. The van der Waals surface area contributed by atoms with E-state index < -0.39 is 0 Å². The summed E-state index contributed by atoms with van der Waals surface area (Å²) in [7, 11) is 0. The lowest BCUT2D eigenvalue weighted by Gasteiger charge is -2.29. The highest BCUT2D eigenvalue weighted by molar-refractivity contribution is 7.07. The van der Waals surface area contributed by atoms with Gasteiger partial charge in [0, 0.05) is 18.8 Å². The molecule has 7 heteroatoms. The maximum Gasteiger partial charge on any atom is 0.320 e. The molecular weight excluding hydrogens is 358 g/mol. The van der Waals surface area contributed by atoms with Crippen LogP contribution in [0.4, 0.5) is 10.6 Å². The van der Waals surface area contributed by atoms with Crippen LogP contribution in [0.5, 0.6) is 0 Å². The predicted molar refractivity (Wildman–Crippen MR) is 111 cm³/mol. The predicted octanol–water partition coefficient (Wildman–Crippen LogP) is 4.14. The number of carbonyl (C=O) groups excluding carboxylic acids is 1. The van der Waals surface area contributed by atoms with E-state index in [-0.39, 0.29) is 12.1 Å². The third kappa shape index (κ3) is 4.96. The van der Waals surface area contributed by atoms with E-state index in [0.29, 0.717) is 12.4 Å². The van der Waals surface area contributed by atoms with Gasteiger partial charge in [-0.25, -0.2) is 9.48 Å². The lowest BCUT2D eigenvalue weighted by molar-refractivity contribution is 0.210. The molecule has 1 unspecified atom stereocenters. The Hall–Kier alpha value is -2.64. The minimum Gasteiger partial charge on any atom is -0.336 e. The van der Waals surface area contributed by atoms with Gasteiger partial charge in [-0.2, -0.15) is 11.3 Å². The number of thiophene rings is 1. The molecule has 2 aromatic heterocycles. The van der Waals surface area contributed by atoms with Gasteiger partial charge < -0.3 is 5.32 Å². The van der Waals surface area contributed by atoms with E-state index in [1.165, 1.54) is 5.56 Å². The molecule has 142 valence electrons. The van der Waals surface area contributed by atoms with Crippen LogP contribution < -0.4 is 10.6 Å². The molecule has 1 atom stereocenters. The molecule has 3 rings (SSSR count). The first-order valence-electron chi connectivity index (χ1n) is 9.13. The van der Waals surface area contributed by atoms with Crippen molar-refractivity contribution >= 4 is 23.2 Å². The van der Waals surface area contributed by atoms with Crippen LogP contribution in [0.2, 0.25) is 0 Å². The Kier molecular flexibility index (Phi) is 6.62. The van der Waals surface area contributed by atoms with Crippen molar-refractivity contribution in [3.8, 4) is 5.69 Å². The lowest BCUT2D eigenvalue weighted by atomic mass is 10.1. The summed E-state index contributed by atoms with van der Waals surface area (Å²) in [5.74, 6) is 0.520. The topological polar surface area (TPSA) is 62.2 Å². The van der Waals surface area contributed by atoms with Crippen molar-refractivity contribution in [2.75, 3.05) is 25.0 Å². The molecule has 2 heterocycles. The quantitative estimate of drug-likeness (QED) is 0.615. The summed E-state index contributed by atoms with van der Waals surface area (Å²) in [5.41, 5.74) is 2.18. The molecule has 0 aliphatic carbocycles. The van der Waals surface area contributed by atoms with E-state index in [1.54, 1.807) is 22.1 Å². The smallest absolute Gasteiger partial charge is 0.320 e. The van der Waals surface area contributed by atoms with Gasteiger partial charge >= 0.3 is 6.03 Å². The van der Waals surface area contributed by atoms with Gasteiger partial charge in [0.15, 0.2) is 5.82 Å². The number of amides is 2. The van der Waals surface area contributed by atoms with E-state index in [2.05, 4.69) is 51.3 Å². The maximum absolute atomic E-state index is 12.3. The number of nitrogens with zero attached hydrogens (tertiary/aromatic N) is 3. The number of hydrogen-bond acceptors (Lipinski definition) is 4. The van der Waals surface area contributed by atoms with Crippen molar-refractivity contribution in [3.63, 3.8) is 0 Å². The first-order valence-corrected chi connectivity index (χ1v) is 10.1. The standard InChI is InChI=1S/C20H25N5OS/c1-3-24(4-2)18(16-11-13-27-15-16)14-21-20(26)22-19-10-12-25(23-19)17-8-6-5-7-9-17/h5-13,15,18H,3-4,14H2,1-2H3,(H2,21,22,23,26). The number of para-hydroxylation sites is 1. The second kappa shape index (κ2) is 9.34. The monoisotopic (exact) mass is 383 g/mol. The largest absolute Gasteiger partial charge is 0.336 e. The second-order valence-electron chi connectivity index (χ2n) is 6.11. The molecule has 0 spiro atoms. The van der Waals surface area contributed by atoms with Crippen LogP contribution in [0.3, 0.4) is 0 Å². The van der Waals surface area contributed by atoms with Crippen molar-refractivity contribution in [1.29, 1.82) is 0 Å². The zero-order chi connectivity index (χ0) is 19.1. The Morgan fingerprint density at radius 1 is 1.19 bits per heavy atom. The van der Waals surface area contributed by atoms with Crippen molar-refractivity contribution in [3.05, 3.63) is 65.0 Å². The SMILES string of the molecule is CCN(CC)C(CNC(=O)Nc1ccn(-c2ccccc2)n1)c1ccsc1. The number of aromatic nitrogens is 2. The zero-order valence-electron chi connectivity index (χ0n) is 15.6. The van der Waals surface area contributed by atoms with Gasteiger partial charge in [-0.15, -0.1) is 5.10 Å². The summed E-state index contributed by atoms with van der Waals surface area (Å²) in [6.45, 7) is 6.69. The van der Waals surface area contributed by atoms with Gasteiger partial charge in [-0.05, 0) is 47.6 Å². The van der Waals surface area contributed by atoms with Crippen LogP contribution in [0.15, 0.2) is 59.4 Å². The Morgan fingerprint density at radius 2 is 1.96 bits per heavy atom. The summed E-state index contributed by atoms with van der Waals surface area (Å²) in [6, 6.07) is 13.6. The van der Waals surface area contributed by atoms with Crippen LogP contribution in [0, 0.1) is 0 Å². The fraction of sp³-hybridized carbons (Fsp3) is 0.300. The maximum atomic E-state index is 12.3. The molecule has 2 amide bonds. The Bertz CT molecular complexity index is 827. The molecule has 0 bridgehead atoms. The molecule has 0 aliphatic heterocycles. The minimum absolute atomic E-state index is 0.166. The first-order chi connectivity index (χ1) is 13.2. The summed E-state index contributed by atoms with van der Waals surface area (Å²) in [6.07, 6.45) is 1.83. The highest BCUT2D eigenvalue weighted by atomic mass is 32.1. The number of hydrogen-bond donors (Lipinski definition) is 2. The molecular formula is C20H25N5OS. The molecule has 0 saturated heterocycles. The summed E-state index contributed by atoms with van der Waals surface area (Å²) in [4.78, 5) is 14.7. The second-order valence-corrected chi connectivity index (χ2v) is 6.89. The third-order valence-electron chi connectivity index (χ3n) is 4.49. The lowest BCUT2D eigenvalue weighted by Crippen LogP contribution is -2.39. The van der Waals surface area contributed by atoms with E-state index in [4.69, 9.17) is 0 Å². The zero-order valence-corrected chi connectivity index (χ0v) is 16.4. The van der Waals surface area contributed by atoms with Crippen LogP contribution in [0.1, 0.15) is 25.5 Å². The molecule has 27 heavy (non-hydrogen) atoms. The Balaban J connectivity index is 1.59. The number of nitrogens with one attached hydrogen (secondary N) is 2. The number of rotatable bonds is 8. The van der Waals surface area contributed by atoms with Crippen LogP contribution in [0.25, 0.3) is 5.69 Å². The summed E-state index contributed by atoms with van der Waals surface area (Å²) < 4.78 is 1.74. The van der Waals surface area contributed by atoms with Gasteiger partial charge in [-0.3, -0.25) is 10.2 Å². The normalized spacial score (nSPS) is 12.1. The molecule has 1 aromatic carbocycles. The highest BCUT2D eigenvalue weighted by Crippen LogP contribution is 2.22. The fourth-order valence-corrected chi connectivity index (χ4v) is 3.76. The van der Waals surface area contributed by atoms with E-state index >= 15 is 0 Å². The first kappa shape index (κ1) is 19.1. The number of anilines is 1. The van der Waals surface area contributed by atoms with Crippen molar-refractivity contribution in [2.24, 2.45) is 0 Å². The molecule has 0 saturated carbocycles. The van der Waals surface area contributed by atoms with Crippen molar-refractivity contribution < 1.29 is 4.79 Å². The van der Waals surface area contributed by atoms with E-state index in [9.17, 15) is 4.79 Å². The van der Waals surface area contributed by atoms with E-state index in [0.717, 1.165) is 18.8 Å². The van der Waals surface area contributed by atoms with Gasteiger partial charge in [0.25, 0.3) is 0 Å². The van der Waals surface area contributed by atoms with Crippen LogP contribution in [-0.2, 0) is 0 Å². The Morgan fingerprint density at radius 3 is 2.63 bits per heavy atom. The van der Waals surface area contributed by atoms with E-state index in [1.807, 2.05) is 36.5 Å². The minimum atomic E-state index is -0.249. The molecule has 6 nitrogen and oxygen atoms in total. The molecule has 3 aromatic rings. The summed E-state index contributed by atoms with van der Waals surface area (Å²) in [5, 5.41) is 14.4. The molecule has 0 radical (unpaired) electrons. The van der Waals surface area contributed by atoms with Gasteiger partial charge in [0.1, 0.15) is 0 Å². The Labute approximate surface area is 163 Å². The van der Waals surface area contributed by atoms with Crippen LogP contribution in [-0.4, -0.2) is 40.3 Å².